The number of fused-ring (bicyclic) bond motifs is 2. The number of hydrogen-bond donors (Lipinski definition) is 1. The Kier molecular flexibility index (Phi) is 6.09. The summed E-state index contributed by atoms with van der Waals surface area (Å²) in [5.41, 5.74) is 4.25. The highest BCUT2D eigenvalue weighted by molar-refractivity contribution is 7.19. The first-order valence-corrected chi connectivity index (χ1v) is 13.7. The van der Waals surface area contributed by atoms with Crippen molar-refractivity contribution in [1.29, 1.82) is 0 Å². The molecule has 1 atom stereocenters. The number of nitrogens with zero attached hydrogens (tertiary/aromatic N) is 2. The summed E-state index contributed by atoms with van der Waals surface area (Å²) in [5.74, 6) is -0.0411. The second-order valence-electron chi connectivity index (χ2n) is 10.6. The van der Waals surface area contributed by atoms with E-state index in [0.717, 1.165) is 19.5 Å². The van der Waals surface area contributed by atoms with Gasteiger partial charge in [-0.25, -0.2) is 0 Å². The molecule has 3 heterocycles. The first kappa shape index (κ1) is 23.9. The zero-order valence-electron chi connectivity index (χ0n) is 21.2. The highest BCUT2D eigenvalue weighted by atomic mass is 32.1. The summed E-state index contributed by atoms with van der Waals surface area (Å²) in [7, 11) is 0. The number of benzene rings is 3. The van der Waals surface area contributed by atoms with Crippen molar-refractivity contribution in [3.05, 3.63) is 94.9 Å². The maximum Gasteiger partial charge on any atom is 0.248 e. The van der Waals surface area contributed by atoms with Crippen molar-refractivity contribution in [3.8, 4) is 11.1 Å². The molecule has 1 unspecified atom stereocenters. The molecule has 1 N–H and O–H groups in total. The molecule has 0 aliphatic carbocycles. The molecule has 37 heavy (non-hydrogen) atoms. The standard InChI is InChI=1S/C31H31N3O2S/c1-31(2)30(36)34-17-16-33(20-26(34)29(35)32-31)19-25-24-10-6-7-11-27(24)37-28(25)18-21-12-14-23(15-13-21)22-8-4-3-5-9-22/h3-15,26H,16-20H2,1-2H3,(H,32,35). The van der Waals surface area contributed by atoms with Gasteiger partial charge in [0, 0.05) is 42.2 Å². The van der Waals surface area contributed by atoms with Gasteiger partial charge in [-0.1, -0.05) is 72.8 Å². The lowest BCUT2D eigenvalue weighted by atomic mass is 9.95. The van der Waals surface area contributed by atoms with E-state index in [0.29, 0.717) is 13.1 Å². The Hall–Kier alpha value is -3.48. The summed E-state index contributed by atoms with van der Waals surface area (Å²) in [6, 6.07) is 27.5. The lowest BCUT2D eigenvalue weighted by Crippen LogP contribution is -2.72. The number of thiophene rings is 1. The van der Waals surface area contributed by atoms with Crippen molar-refractivity contribution in [1.82, 2.24) is 15.1 Å². The van der Waals surface area contributed by atoms with Crippen LogP contribution in [0.4, 0.5) is 0 Å². The predicted octanol–water partition coefficient (Wildman–Crippen LogP) is 5.08. The van der Waals surface area contributed by atoms with E-state index in [-0.39, 0.29) is 11.8 Å². The fourth-order valence-electron chi connectivity index (χ4n) is 5.57. The normalized spacial score (nSPS) is 19.6. The number of amides is 2. The van der Waals surface area contributed by atoms with Gasteiger partial charge in [-0.2, -0.15) is 0 Å². The number of carbonyl (C=O) groups is 2. The molecule has 0 saturated carbocycles. The Bertz CT molecular complexity index is 1460. The van der Waals surface area contributed by atoms with Gasteiger partial charge in [0.25, 0.3) is 0 Å². The molecule has 0 bridgehead atoms. The van der Waals surface area contributed by atoms with E-state index >= 15 is 0 Å². The SMILES string of the molecule is CC1(C)NC(=O)C2CN(Cc3c(Cc4ccc(-c5ccccc5)cc4)sc4ccccc34)CCN2C1=O. The van der Waals surface area contributed by atoms with Crippen molar-refractivity contribution >= 4 is 33.2 Å². The Morgan fingerprint density at radius 3 is 2.38 bits per heavy atom. The molecule has 2 saturated heterocycles. The molecule has 0 radical (unpaired) electrons. The molecule has 6 heteroatoms. The van der Waals surface area contributed by atoms with Gasteiger partial charge < -0.3 is 10.2 Å². The molecule has 2 aliphatic rings. The molecular weight excluding hydrogens is 478 g/mol. The third kappa shape index (κ3) is 4.56. The van der Waals surface area contributed by atoms with E-state index in [2.05, 4.69) is 83.0 Å². The van der Waals surface area contributed by atoms with E-state index in [1.807, 2.05) is 17.4 Å². The fraction of sp³-hybridized carbons (Fsp3) is 0.290. The third-order valence-corrected chi connectivity index (χ3v) is 8.80. The monoisotopic (exact) mass is 509 g/mol. The van der Waals surface area contributed by atoms with Gasteiger partial charge in [0.2, 0.25) is 11.8 Å². The molecule has 0 spiro atoms. The highest BCUT2D eigenvalue weighted by Crippen LogP contribution is 2.35. The molecular formula is C31H31N3O2S. The molecule has 1 aromatic heterocycles. The molecule has 6 rings (SSSR count). The van der Waals surface area contributed by atoms with Gasteiger partial charge in [-0.05, 0) is 47.6 Å². The van der Waals surface area contributed by atoms with Gasteiger partial charge in [-0.3, -0.25) is 14.5 Å². The maximum absolute atomic E-state index is 12.9. The summed E-state index contributed by atoms with van der Waals surface area (Å²) in [5, 5.41) is 4.21. The van der Waals surface area contributed by atoms with E-state index in [1.54, 1.807) is 18.7 Å². The first-order chi connectivity index (χ1) is 17.9. The van der Waals surface area contributed by atoms with Crippen molar-refractivity contribution < 1.29 is 9.59 Å². The van der Waals surface area contributed by atoms with Gasteiger partial charge in [0.05, 0.1) is 0 Å². The van der Waals surface area contributed by atoms with Gasteiger partial charge >= 0.3 is 0 Å². The lowest BCUT2D eigenvalue weighted by Gasteiger charge is -2.47. The predicted molar refractivity (Wildman–Crippen MR) is 150 cm³/mol. The van der Waals surface area contributed by atoms with Crippen LogP contribution in [-0.4, -0.2) is 52.8 Å². The lowest BCUT2D eigenvalue weighted by molar-refractivity contribution is -0.157. The number of nitrogens with one attached hydrogen (secondary N) is 1. The molecule has 2 aliphatic heterocycles. The third-order valence-electron chi connectivity index (χ3n) is 7.59. The van der Waals surface area contributed by atoms with Crippen molar-refractivity contribution in [2.75, 3.05) is 19.6 Å². The first-order valence-electron chi connectivity index (χ1n) is 12.9. The van der Waals surface area contributed by atoms with Crippen molar-refractivity contribution in [2.24, 2.45) is 0 Å². The number of rotatable bonds is 5. The van der Waals surface area contributed by atoms with E-state index < -0.39 is 11.6 Å². The van der Waals surface area contributed by atoms with Crippen molar-refractivity contribution in [3.63, 3.8) is 0 Å². The van der Waals surface area contributed by atoms with Crippen LogP contribution in [0.25, 0.3) is 21.2 Å². The summed E-state index contributed by atoms with van der Waals surface area (Å²) in [6.07, 6.45) is 0.875. The molecule has 188 valence electrons. The Balaban J connectivity index is 1.24. The molecule has 3 aromatic carbocycles. The average Bonchev–Trinajstić information content (AvgIpc) is 3.25. The van der Waals surface area contributed by atoms with Crippen LogP contribution in [0.3, 0.4) is 0 Å². The minimum Gasteiger partial charge on any atom is -0.340 e. The van der Waals surface area contributed by atoms with E-state index in [1.165, 1.54) is 37.2 Å². The largest absolute Gasteiger partial charge is 0.340 e. The Morgan fingerprint density at radius 1 is 0.892 bits per heavy atom. The van der Waals surface area contributed by atoms with Crippen LogP contribution in [0.15, 0.2) is 78.9 Å². The number of carbonyl (C=O) groups excluding carboxylic acids is 2. The smallest absolute Gasteiger partial charge is 0.248 e. The fourth-order valence-corrected chi connectivity index (χ4v) is 6.82. The van der Waals surface area contributed by atoms with Crippen LogP contribution >= 0.6 is 11.3 Å². The second kappa shape index (κ2) is 9.43. The number of piperazine rings is 2. The van der Waals surface area contributed by atoms with E-state index in [4.69, 9.17) is 0 Å². The summed E-state index contributed by atoms with van der Waals surface area (Å²) in [6.45, 7) is 6.25. The van der Waals surface area contributed by atoms with Crippen LogP contribution in [-0.2, 0) is 22.6 Å². The zero-order chi connectivity index (χ0) is 25.6. The summed E-state index contributed by atoms with van der Waals surface area (Å²) in [4.78, 5) is 31.2. The molecule has 5 nitrogen and oxygen atoms in total. The van der Waals surface area contributed by atoms with Gasteiger partial charge in [0.1, 0.15) is 11.6 Å². The van der Waals surface area contributed by atoms with Gasteiger partial charge in [-0.15, -0.1) is 11.3 Å². The van der Waals surface area contributed by atoms with E-state index in [9.17, 15) is 9.59 Å². The summed E-state index contributed by atoms with van der Waals surface area (Å²) < 4.78 is 1.29. The van der Waals surface area contributed by atoms with Crippen LogP contribution in [0.2, 0.25) is 0 Å². The van der Waals surface area contributed by atoms with Crippen LogP contribution in [0.1, 0.15) is 29.9 Å². The quantitative estimate of drug-likeness (QED) is 0.408. The average molecular weight is 510 g/mol. The van der Waals surface area contributed by atoms with Crippen LogP contribution in [0, 0.1) is 0 Å². The Morgan fingerprint density at radius 2 is 1.59 bits per heavy atom. The zero-order valence-corrected chi connectivity index (χ0v) is 22.1. The minimum atomic E-state index is -0.831. The van der Waals surface area contributed by atoms with Crippen LogP contribution in [0.5, 0.6) is 0 Å². The molecule has 2 fully saturated rings. The minimum absolute atomic E-state index is 0.0115. The highest BCUT2D eigenvalue weighted by Gasteiger charge is 2.47. The maximum atomic E-state index is 12.9. The number of hydrogen-bond acceptors (Lipinski definition) is 4. The Labute approximate surface area is 221 Å². The second-order valence-corrected chi connectivity index (χ2v) is 11.7. The van der Waals surface area contributed by atoms with Gasteiger partial charge in [0.15, 0.2) is 0 Å². The van der Waals surface area contributed by atoms with Crippen molar-refractivity contribution in [2.45, 2.75) is 38.4 Å². The molecule has 4 aromatic rings. The molecule has 2 amide bonds. The summed E-state index contributed by atoms with van der Waals surface area (Å²) >= 11 is 1.86. The topological polar surface area (TPSA) is 52.7 Å². The van der Waals surface area contributed by atoms with Crippen LogP contribution < -0.4 is 5.32 Å².